The average Bonchev–Trinajstić information content (AvgIpc) is 3.32. The summed E-state index contributed by atoms with van der Waals surface area (Å²) < 4.78 is 0. The maximum Gasteiger partial charge on any atom is 0.0562 e. The van der Waals surface area contributed by atoms with Crippen molar-refractivity contribution in [3.05, 3.63) is 58.9 Å². The Labute approximate surface area is 131 Å². The van der Waals surface area contributed by atoms with Gasteiger partial charge in [-0.1, -0.05) is 23.7 Å². The summed E-state index contributed by atoms with van der Waals surface area (Å²) in [6.07, 6.45) is 4.49. The number of pyridine rings is 1. The molecule has 0 unspecified atom stereocenters. The van der Waals surface area contributed by atoms with Crippen LogP contribution in [0, 0.1) is 0 Å². The molecule has 1 saturated carbocycles. The first-order valence-corrected chi connectivity index (χ1v) is 7.72. The summed E-state index contributed by atoms with van der Waals surface area (Å²) in [4.78, 5) is 6.66. The van der Waals surface area contributed by atoms with Crippen LogP contribution < -0.4 is 10.2 Å². The number of aromatic nitrogens is 1. The van der Waals surface area contributed by atoms with Crippen LogP contribution in [0.25, 0.3) is 0 Å². The van der Waals surface area contributed by atoms with E-state index in [-0.39, 0.29) is 0 Å². The van der Waals surface area contributed by atoms with Gasteiger partial charge in [-0.15, -0.1) is 0 Å². The quantitative estimate of drug-likeness (QED) is 0.883. The van der Waals surface area contributed by atoms with Crippen LogP contribution in [0.3, 0.4) is 0 Å². The third kappa shape index (κ3) is 4.19. The van der Waals surface area contributed by atoms with Crippen LogP contribution in [0.5, 0.6) is 0 Å². The largest absolute Gasteiger partial charge is 0.370 e. The van der Waals surface area contributed by atoms with Crippen LogP contribution in [0.1, 0.15) is 24.1 Å². The van der Waals surface area contributed by atoms with E-state index in [1.807, 2.05) is 18.3 Å². The topological polar surface area (TPSA) is 28.2 Å². The molecule has 1 fully saturated rings. The van der Waals surface area contributed by atoms with E-state index in [0.717, 1.165) is 23.8 Å². The minimum absolute atomic E-state index is 0.710. The lowest BCUT2D eigenvalue weighted by Gasteiger charge is -2.20. The molecule has 1 N–H and O–H groups in total. The van der Waals surface area contributed by atoms with Crippen LogP contribution in [0.2, 0.25) is 5.02 Å². The summed E-state index contributed by atoms with van der Waals surface area (Å²) in [6.45, 7) is 1.71. The average molecular weight is 302 g/mol. The number of benzene rings is 1. The van der Waals surface area contributed by atoms with Gasteiger partial charge in [-0.2, -0.15) is 0 Å². The maximum absolute atomic E-state index is 5.92. The molecule has 4 heteroatoms. The third-order valence-electron chi connectivity index (χ3n) is 3.72. The lowest BCUT2D eigenvalue weighted by Crippen LogP contribution is -2.19. The fourth-order valence-corrected chi connectivity index (χ4v) is 2.42. The minimum Gasteiger partial charge on any atom is -0.370 e. The molecule has 21 heavy (non-hydrogen) atoms. The summed E-state index contributed by atoms with van der Waals surface area (Å²) in [7, 11) is 2.10. The molecule has 0 atom stereocenters. The third-order valence-corrected chi connectivity index (χ3v) is 3.98. The van der Waals surface area contributed by atoms with Crippen LogP contribution in [-0.2, 0) is 13.1 Å². The predicted octanol–water partition coefficient (Wildman–Crippen LogP) is 3.62. The number of halogens is 1. The highest BCUT2D eigenvalue weighted by Crippen LogP contribution is 2.20. The number of rotatable bonds is 6. The molecule has 2 aromatic rings. The van der Waals surface area contributed by atoms with Crippen molar-refractivity contribution in [2.45, 2.75) is 32.0 Å². The maximum atomic E-state index is 5.92. The Balaban J connectivity index is 1.63. The highest BCUT2D eigenvalue weighted by atomic mass is 35.5. The molecule has 1 aliphatic carbocycles. The van der Waals surface area contributed by atoms with Crippen molar-refractivity contribution < 1.29 is 0 Å². The van der Waals surface area contributed by atoms with Crippen molar-refractivity contribution in [1.82, 2.24) is 10.3 Å². The minimum atomic E-state index is 0.710. The van der Waals surface area contributed by atoms with Crippen LogP contribution in [-0.4, -0.2) is 18.1 Å². The molecule has 1 aromatic carbocycles. The Morgan fingerprint density at radius 3 is 2.71 bits per heavy atom. The van der Waals surface area contributed by atoms with Crippen molar-refractivity contribution in [2.75, 3.05) is 11.9 Å². The van der Waals surface area contributed by atoms with E-state index in [0.29, 0.717) is 6.04 Å². The van der Waals surface area contributed by atoms with Crippen molar-refractivity contribution in [2.24, 2.45) is 0 Å². The van der Waals surface area contributed by atoms with Crippen molar-refractivity contribution in [3.63, 3.8) is 0 Å². The lowest BCUT2D eigenvalue weighted by molar-refractivity contribution is 0.674. The Bertz CT molecular complexity index is 593. The van der Waals surface area contributed by atoms with Gasteiger partial charge in [-0.05, 0) is 42.7 Å². The zero-order valence-corrected chi connectivity index (χ0v) is 13.0. The number of nitrogens with zero attached hydrogens (tertiary/aromatic N) is 2. The normalized spacial score (nSPS) is 14.2. The number of hydrogen-bond donors (Lipinski definition) is 1. The first-order valence-electron chi connectivity index (χ1n) is 7.34. The number of nitrogens with one attached hydrogen (secondary N) is 1. The summed E-state index contributed by atoms with van der Waals surface area (Å²) in [5.41, 5.74) is 3.53. The molecule has 0 radical (unpaired) electrons. The lowest BCUT2D eigenvalue weighted by atomic mass is 10.2. The van der Waals surface area contributed by atoms with Gasteiger partial charge in [-0.3, -0.25) is 4.98 Å². The Morgan fingerprint density at radius 1 is 1.24 bits per heavy atom. The van der Waals surface area contributed by atoms with Crippen LogP contribution in [0.15, 0.2) is 42.6 Å². The molecule has 110 valence electrons. The second kappa shape index (κ2) is 6.46. The monoisotopic (exact) mass is 301 g/mol. The van der Waals surface area contributed by atoms with Gasteiger partial charge < -0.3 is 10.2 Å². The van der Waals surface area contributed by atoms with E-state index >= 15 is 0 Å². The van der Waals surface area contributed by atoms with Crippen molar-refractivity contribution >= 4 is 17.3 Å². The van der Waals surface area contributed by atoms with E-state index in [1.54, 1.807) is 0 Å². The standard InChI is InChI=1S/C17H20ClN3/c1-21(12-13-2-4-14(18)5-3-13)17-8-9-19-16(10-17)11-20-15-6-7-15/h2-5,8-10,15,20H,6-7,11-12H2,1H3. The van der Waals surface area contributed by atoms with E-state index in [1.165, 1.54) is 24.1 Å². The molecule has 3 nitrogen and oxygen atoms in total. The smallest absolute Gasteiger partial charge is 0.0562 e. The highest BCUT2D eigenvalue weighted by Gasteiger charge is 2.20. The Morgan fingerprint density at radius 2 is 2.00 bits per heavy atom. The van der Waals surface area contributed by atoms with Gasteiger partial charge in [0.1, 0.15) is 0 Å². The van der Waals surface area contributed by atoms with Crippen molar-refractivity contribution in [3.8, 4) is 0 Å². The molecule has 3 rings (SSSR count). The number of anilines is 1. The first kappa shape index (κ1) is 14.4. The molecule has 0 aliphatic heterocycles. The van der Waals surface area contributed by atoms with Gasteiger partial charge in [0.05, 0.1) is 5.69 Å². The van der Waals surface area contributed by atoms with Gasteiger partial charge in [0.15, 0.2) is 0 Å². The second-order valence-corrected chi connectivity index (χ2v) is 6.08. The molecule has 1 aromatic heterocycles. The van der Waals surface area contributed by atoms with Crippen molar-refractivity contribution in [1.29, 1.82) is 0 Å². The van der Waals surface area contributed by atoms with E-state index < -0.39 is 0 Å². The summed E-state index contributed by atoms with van der Waals surface area (Å²) >= 11 is 5.92. The zero-order valence-electron chi connectivity index (χ0n) is 12.2. The second-order valence-electron chi connectivity index (χ2n) is 5.64. The molecular weight excluding hydrogens is 282 g/mol. The van der Waals surface area contributed by atoms with E-state index in [9.17, 15) is 0 Å². The van der Waals surface area contributed by atoms with Crippen LogP contribution in [0.4, 0.5) is 5.69 Å². The summed E-state index contributed by atoms with van der Waals surface area (Å²) in [5.74, 6) is 0. The van der Waals surface area contributed by atoms with Gasteiger partial charge in [-0.25, -0.2) is 0 Å². The molecule has 1 heterocycles. The van der Waals surface area contributed by atoms with E-state index in [2.05, 4.69) is 46.5 Å². The first-order chi connectivity index (χ1) is 10.2. The molecule has 0 bridgehead atoms. The fourth-order valence-electron chi connectivity index (χ4n) is 2.29. The summed E-state index contributed by atoms with van der Waals surface area (Å²) in [6, 6.07) is 12.9. The zero-order chi connectivity index (χ0) is 14.7. The van der Waals surface area contributed by atoms with E-state index in [4.69, 9.17) is 11.6 Å². The number of hydrogen-bond acceptors (Lipinski definition) is 3. The van der Waals surface area contributed by atoms with Gasteiger partial charge in [0, 0.05) is 43.1 Å². The Hall–Kier alpha value is -1.58. The fraction of sp³-hybridized carbons (Fsp3) is 0.353. The van der Waals surface area contributed by atoms with Gasteiger partial charge in [0.25, 0.3) is 0 Å². The van der Waals surface area contributed by atoms with Gasteiger partial charge in [0.2, 0.25) is 0 Å². The highest BCUT2D eigenvalue weighted by molar-refractivity contribution is 6.30. The Kier molecular flexibility index (Phi) is 4.42. The molecule has 1 aliphatic rings. The molecule has 0 saturated heterocycles. The molecular formula is C17H20ClN3. The molecule has 0 spiro atoms. The SMILES string of the molecule is CN(Cc1ccc(Cl)cc1)c1ccnc(CNC2CC2)c1. The van der Waals surface area contributed by atoms with Crippen LogP contribution >= 0.6 is 11.6 Å². The molecule has 0 amide bonds. The predicted molar refractivity (Wildman–Crippen MR) is 87.7 cm³/mol. The summed E-state index contributed by atoms with van der Waals surface area (Å²) in [5, 5.41) is 4.28. The van der Waals surface area contributed by atoms with Gasteiger partial charge >= 0.3 is 0 Å².